The second-order valence-corrected chi connectivity index (χ2v) is 14.8. The van der Waals surface area contributed by atoms with Gasteiger partial charge in [0.25, 0.3) is 0 Å². The Balaban J connectivity index is 0.00000720. The van der Waals surface area contributed by atoms with Crippen molar-refractivity contribution in [1.29, 1.82) is 0 Å². The van der Waals surface area contributed by atoms with Crippen LogP contribution < -0.4 is 5.32 Å². The molecule has 57 heavy (non-hydrogen) atoms. The number of hydrogen-bond acceptors (Lipinski definition) is 12. The molecule has 319 valence electrons. The summed E-state index contributed by atoms with van der Waals surface area (Å²) in [6, 6.07) is 2.68. The van der Waals surface area contributed by atoms with Crippen LogP contribution in [0.1, 0.15) is 73.3 Å². The summed E-state index contributed by atoms with van der Waals surface area (Å²) in [4.78, 5) is 66.1. The van der Waals surface area contributed by atoms with Crippen LogP contribution in [-0.2, 0) is 45.7 Å². The van der Waals surface area contributed by atoms with Crippen molar-refractivity contribution in [3.05, 3.63) is 58.2 Å². The minimum atomic E-state index is -4.77. The zero-order valence-electron chi connectivity index (χ0n) is 32.1. The summed E-state index contributed by atoms with van der Waals surface area (Å²) >= 11 is 0. The van der Waals surface area contributed by atoms with Crippen molar-refractivity contribution in [2.24, 2.45) is 0 Å². The van der Waals surface area contributed by atoms with Crippen molar-refractivity contribution in [1.82, 2.24) is 49.9 Å². The smallest absolute Gasteiger partial charge is 0.416 e. The average molecular weight is 964 g/mol. The molecule has 3 aliphatic heterocycles. The maximum absolute atomic E-state index is 14.5. The van der Waals surface area contributed by atoms with Crippen LogP contribution in [0.4, 0.5) is 13.2 Å². The van der Waals surface area contributed by atoms with E-state index in [0.717, 1.165) is 12.1 Å². The number of rotatable bonds is 7. The first kappa shape index (κ1) is 45.9. The molecule has 0 aliphatic carbocycles. The molecule has 6 bridgehead atoms. The molecule has 1 radical (unpaired) electrons. The summed E-state index contributed by atoms with van der Waals surface area (Å²) < 4.78 is 44.7. The van der Waals surface area contributed by atoms with Crippen LogP contribution in [0.15, 0.2) is 24.3 Å². The fourth-order valence-electron chi connectivity index (χ4n) is 7.03. The number of aliphatic carboxylic acids is 2. The van der Waals surface area contributed by atoms with E-state index >= 15 is 0 Å². The number of halogens is 3. The molecule has 0 saturated carbocycles. The number of nitrogens with zero attached hydrogens (tertiary/aromatic N) is 9. The third-order valence-corrected chi connectivity index (χ3v) is 10.1. The van der Waals surface area contributed by atoms with Crippen LogP contribution in [0.3, 0.4) is 0 Å². The Morgan fingerprint density at radius 3 is 1.65 bits per heavy atom. The number of carboxylic acids is 3. The van der Waals surface area contributed by atoms with E-state index in [4.69, 9.17) is 4.98 Å². The zero-order chi connectivity index (χ0) is 41.1. The molecule has 3 aromatic heterocycles. The Bertz CT molecular complexity index is 1930. The van der Waals surface area contributed by atoms with Gasteiger partial charge in [-0.3, -0.25) is 39.0 Å². The van der Waals surface area contributed by atoms with Crippen LogP contribution in [0.25, 0.3) is 11.4 Å². The van der Waals surface area contributed by atoms with E-state index in [9.17, 15) is 47.7 Å². The first-order chi connectivity index (χ1) is 26.2. The molecule has 17 nitrogen and oxygen atoms in total. The van der Waals surface area contributed by atoms with Crippen LogP contribution in [0.2, 0.25) is 0 Å². The minimum Gasteiger partial charge on any atom is -0.480 e. The van der Waals surface area contributed by atoms with Crippen molar-refractivity contribution in [2.75, 3.05) is 52.4 Å². The van der Waals surface area contributed by atoms with Crippen LogP contribution >= 0.6 is 0 Å². The largest absolute Gasteiger partial charge is 0.480 e. The van der Waals surface area contributed by atoms with Crippen molar-refractivity contribution >= 4 is 23.8 Å². The van der Waals surface area contributed by atoms with Gasteiger partial charge >= 0.3 is 24.1 Å². The van der Waals surface area contributed by atoms with E-state index in [2.05, 4.69) is 20.6 Å². The molecular weight excluding hydrogens is 916 g/mol. The second-order valence-electron chi connectivity index (χ2n) is 14.8. The zero-order valence-corrected chi connectivity index (χ0v) is 33.8. The molecule has 3 aliphatic rings. The molecule has 1 saturated heterocycles. The van der Waals surface area contributed by atoms with E-state index in [0.29, 0.717) is 0 Å². The number of carbonyl (C=O) groups excluding carboxylic acids is 1. The Labute approximate surface area is 356 Å². The molecule has 0 aromatic carbocycles. The molecule has 4 N–H and O–H groups in total. The maximum atomic E-state index is 14.5. The summed E-state index contributed by atoms with van der Waals surface area (Å²) in [5.41, 5.74) is -1.66. The number of hydrogen-bond donors (Lipinski definition) is 4. The number of pyridine rings is 2. The van der Waals surface area contributed by atoms with Gasteiger partial charge in [-0.2, -0.15) is 13.2 Å². The molecular formula is C36H47F3LuN10O7. The van der Waals surface area contributed by atoms with E-state index in [1.165, 1.54) is 23.7 Å². The molecule has 1 amide bonds. The Kier molecular flexibility index (Phi) is 15.2. The van der Waals surface area contributed by atoms with Gasteiger partial charge < -0.3 is 20.6 Å². The molecule has 1 fully saturated rings. The van der Waals surface area contributed by atoms with E-state index < -0.39 is 53.2 Å². The number of carbonyl (C=O) groups is 4. The minimum absolute atomic E-state index is 0. The molecule has 3 aromatic rings. The van der Waals surface area contributed by atoms with Crippen LogP contribution in [-0.4, -0.2) is 148 Å². The number of fused-ring (bicyclic) bond motifs is 8. The predicted octanol–water partition coefficient (Wildman–Crippen LogP) is 2.05. The molecule has 0 spiro atoms. The van der Waals surface area contributed by atoms with Gasteiger partial charge in [-0.1, -0.05) is 5.21 Å². The molecule has 0 unspecified atom stereocenters. The van der Waals surface area contributed by atoms with Crippen molar-refractivity contribution < 1.29 is 84.5 Å². The van der Waals surface area contributed by atoms with Gasteiger partial charge in [0, 0.05) is 109 Å². The Morgan fingerprint density at radius 2 is 1.21 bits per heavy atom. The van der Waals surface area contributed by atoms with Crippen LogP contribution in [0, 0.1) is 36.9 Å². The van der Waals surface area contributed by atoms with E-state index in [1.807, 2.05) is 9.80 Å². The van der Waals surface area contributed by atoms with Crippen molar-refractivity contribution in [3.63, 3.8) is 0 Å². The second kappa shape index (κ2) is 18.8. The summed E-state index contributed by atoms with van der Waals surface area (Å²) in [7, 11) is 0. The third-order valence-electron chi connectivity index (χ3n) is 10.1. The first-order valence-corrected chi connectivity index (χ1v) is 18.1. The molecule has 21 heteroatoms. The Hall–Kier alpha value is -3.82. The fourth-order valence-corrected chi connectivity index (χ4v) is 7.03. The van der Waals surface area contributed by atoms with Crippen LogP contribution in [0.5, 0.6) is 0 Å². The maximum Gasteiger partial charge on any atom is 0.416 e. The van der Waals surface area contributed by atoms with Gasteiger partial charge in [0.1, 0.15) is 23.5 Å². The Morgan fingerprint density at radius 1 is 0.737 bits per heavy atom. The SMILES string of the molecule is CC(=O)NC(C)(C)c1nnn2c1-c1cc(C(=O)O)cc(n1)CN1CCN([C@H](C)C(=O)O)CCN(CCN([C@H](C)C(=O)O)CC1)Cc1cc(C(F)(F)F)cc(n1)C2.[Lu]. The van der Waals surface area contributed by atoms with Gasteiger partial charge in [0.15, 0.2) is 0 Å². The average Bonchev–Trinajstić information content (AvgIpc) is 3.53. The van der Waals surface area contributed by atoms with Crippen molar-refractivity contribution in [3.8, 4) is 11.4 Å². The molecule has 6 heterocycles. The summed E-state index contributed by atoms with van der Waals surface area (Å²) in [5, 5.41) is 41.7. The number of amides is 1. The summed E-state index contributed by atoms with van der Waals surface area (Å²) in [6.45, 7) is 9.25. The monoisotopic (exact) mass is 963 g/mol. The molecule has 6 rings (SSSR count). The quantitative estimate of drug-likeness (QED) is 0.267. The summed E-state index contributed by atoms with van der Waals surface area (Å²) in [5.74, 6) is -3.82. The number of nitrogens with one attached hydrogen (secondary N) is 1. The van der Waals surface area contributed by atoms with E-state index in [-0.39, 0.29) is 149 Å². The first-order valence-electron chi connectivity index (χ1n) is 18.1. The molecule has 2 atom stereocenters. The number of aromatic carboxylic acids is 1. The van der Waals surface area contributed by atoms with Gasteiger partial charge in [-0.15, -0.1) is 5.10 Å². The normalized spacial score (nSPS) is 19.9. The van der Waals surface area contributed by atoms with Crippen molar-refractivity contribution in [2.45, 2.75) is 78.1 Å². The predicted molar refractivity (Wildman–Crippen MR) is 193 cm³/mol. The van der Waals surface area contributed by atoms with Gasteiger partial charge in [-0.25, -0.2) is 14.5 Å². The van der Waals surface area contributed by atoms with E-state index in [1.54, 1.807) is 37.5 Å². The fraction of sp³-hybridized carbons (Fsp3) is 0.556. The number of alkyl halides is 3. The topological polar surface area (TPSA) is 210 Å². The number of aromatic nitrogens is 5. The third kappa shape index (κ3) is 11.7. The van der Waals surface area contributed by atoms with Gasteiger partial charge in [0.2, 0.25) is 5.91 Å². The van der Waals surface area contributed by atoms with Gasteiger partial charge in [0.05, 0.1) is 46.0 Å². The van der Waals surface area contributed by atoms with Gasteiger partial charge in [-0.05, 0) is 52.0 Å². The number of carboxylic acid groups (broad SMARTS) is 3. The standard InChI is InChI=1S/C36H47F3N10O7.Lu/c1-21(32(51)52)47-10-6-45-7-11-48(22(2)33(53)54)13-9-46(8-12-47)19-27-16-25(36(37,38)39)17-28(40-27)20-49-30(31(43-44-49)35(4,5)42-23(3)50)29-15-24(34(55)56)14-26(18-45)41-29;/h14-17,21-22H,6-13,18-20H2,1-5H3,(H,42,50)(H,51,52)(H,53,54)(H,55,56);/t21-,22-;/m1./s1. The summed E-state index contributed by atoms with van der Waals surface area (Å²) in [6.07, 6.45) is -4.77.